The Morgan fingerprint density at radius 1 is 1.12 bits per heavy atom. The lowest BCUT2D eigenvalue weighted by Gasteiger charge is -2.05. The highest BCUT2D eigenvalue weighted by Gasteiger charge is 2.20. The average molecular weight is 393 g/mol. The number of anilines is 2. The van der Waals surface area contributed by atoms with Crippen LogP contribution in [-0.2, 0) is 0 Å². The molecule has 9 nitrogen and oxygen atoms in total. The SMILES string of the molecule is NC(=O)c1nn(-c2c(Cl)cccc2Cl)nc1Nc1ccc(C(=O)O)cn1. The molecule has 2 heterocycles. The van der Waals surface area contributed by atoms with Gasteiger partial charge in [0, 0.05) is 6.20 Å². The molecule has 1 aromatic carbocycles. The van der Waals surface area contributed by atoms with Crippen LogP contribution in [0.3, 0.4) is 0 Å². The van der Waals surface area contributed by atoms with E-state index < -0.39 is 11.9 Å². The molecule has 0 aliphatic carbocycles. The Labute approximate surface area is 156 Å². The fourth-order valence-electron chi connectivity index (χ4n) is 2.05. The van der Waals surface area contributed by atoms with Gasteiger partial charge in [-0.3, -0.25) is 4.79 Å². The average Bonchev–Trinajstić information content (AvgIpc) is 2.99. The molecule has 0 unspecified atom stereocenters. The molecule has 0 bridgehead atoms. The van der Waals surface area contributed by atoms with Crippen LogP contribution in [0.25, 0.3) is 5.69 Å². The Kier molecular flexibility index (Phi) is 4.74. The summed E-state index contributed by atoms with van der Waals surface area (Å²) in [5.74, 6) is -1.68. The quantitative estimate of drug-likeness (QED) is 0.606. The number of primary amides is 1. The van der Waals surface area contributed by atoms with Crippen molar-refractivity contribution < 1.29 is 14.7 Å². The van der Waals surface area contributed by atoms with Gasteiger partial charge in [-0.25, -0.2) is 9.78 Å². The number of carboxylic acids is 1. The molecule has 26 heavy (non-hydrogen) atoms. The van der Waals surface area contributed by atoms with E-state index in [1.165, 1.54) is 12.1 Å². The number of hydrogen-bond acceptors (Lipinski definition) is 6. The van der Waals surface area contributed by atoms with Crippen molar-refractivity contribution in [2.75, 3.05) is 5.32 Å². The third kappa shape index (κ3) is 3.44. The van der Waals surface area contributed by atoms with Crippen molar-refractivity contribution in [3.8, 4) is 5.69 Å². The summed E-state index contributed by atoms with van der Waals surface area (Å²) < 4.78 is 0. The number of aromatic carboxylic acids is 1. The second-order valence-electron chi connectivity index (χ2n) is 4.98. The molecule has 0 radical (unpaired) electrons. The molecule has 1 amide bonds. The summed E-state index contributed by atoms with van der Waals surface area (Å²) in [4.78, 5) is 27.6. The number of carboxylic acid groups (broad SMARTS) is 1. The number of carbonyl (C=O) groups is 2. The van der Waals surface area contributed by atoms with Gasteiger partial charge in [0.05, 0.1) is 15.6 Å². The first-order valence-electron chi connectivity index (χ1n) is 7.04. The molecule has 0 aliphatic rings. The van der Waals surface area contributed by atoms with Crippen LogP contribution in [0.2, 0.25) is 10.0 Å². The van der Waals surface area contributed by atoms with Gasteiger partial charge >= 0.3 is 5.97 Å². The Morgan fingerprint density at radius 2 is 1.81 bits per heavy atom. The number of benzene rings is 1. The van der Waals surface area contributed by atoms with Gasteiger partial charge in [0.1, 0.15) is 11.5 Å². The molecular weight excluding hydrogens is 383 g/mol. The van der Waals surface area contributed by atoms with E-state index in [9.17, 15) is 9.59 Å². The highest BCUT2D eigenvalue weighted by atomic mass is 35.5. The second-order valence-corrected chi connectivity index (χ2v) is 5.80. The highest BCUT2D eigenvalue weighted by Crippen LogP contribution is 2.28. The van der Waals surface area contributed by atoms with Gasteiger partial charge in [-0.2, -0.15) is 0 Å². The minimum Gasteiger partial charge on any atom is -0.478 e. The van der Waals surface area contributed by atoms with E-state index >= 15 is 0 Å². The summed E-state index contributed by atoms with van der Waals surface area (Å²) in [6, 6.07) is 7.59. The lowest BCUT2D eigenvalue weighted by atomic mass is 10.3. The molecular formula is C15H10Cl2N6O3. The van der Waals surface area contributed by atoms with Crippen molar-refractivity contribution in [3.05, 3.63) is 57.8 Å². The molecule has 3 rings (SSSR count). The number of nitrogens with zero attached hydrogens (tertiary/aromatic N) is 4. The van der Waals surface area contributed by atoms with E-state index in [1.54, 1.807) is 18.2 Å². The standard InChI is InChI=1S/C15H10Cl2N6O3/c16-8-2-1-3-9(17)12(8)23-21-11(13(18)24)14(22-23)20-10-5-4-7(6-19-10)15(25)26/h1-6H,(H2,18,24)(H,25,26)(H,19,20,22). The Morgan fingerprint density at radius 3 is 2.35 bits per heavy atom. The van der Waals surface area contributed by atoms with Crippen molar-refractivity contribution in [1.29, 1.82) is 0 Å². The van der Waals surface area contributed by atoms with Crippen molar-refractivity contribution in [2.45, 2.75) is 0 Å². The molecule has 0 saturated carbocycles. The summed E-state index contributed by atoms with van der Waals surface area (Å²) in [6.45, 7) is 0. The van der Waals surface area contributed by atoms with Crippen LogP contribution in [0.1, 0.15) is 20.8 Å². The summed E-state index contributed by atoms with van der Waals surface area (Å²) in [5.41, 5.74) is 5.47. The van der Waals surface area contributed by atoms with Crippen molar-refractivity contribution in [3.63, 3.8) is 0 Å². The smallest absolute Gasteiger partial charge is 0.337 e. The van der Waals surface area contributed by atoms with Crippen LogP contribution >= 0.6 is 23.2 Å². The molecule has 0 fully saturated rings. The summed E-state index contributed by atoms with van der Waals surface area (Å²) in [6.07, 6.45) is 1.16. The third-order valence-electron chi connectivity index (χ3n) is 3.24. The van der Waals surface area contributed by atoms with Gasteiger partial charge in [-0.1, -0.05) is 29.3 Å². The lowest BCUT2D eigenvalue weighted by Crippen LogP contribution is -2.14. The highest BCUT2D eigenvalue weighted by molar-refractivity contribution is 6.37. The van der Waals surface area contributed by atoms with E-state index in [4.69, 9.17) is 34.0 Å². The number of rotatable bonds is 5. The predicted molar refractivity (Wildman–Crippen MR) is 94.4 cm³/mol. The molecule has 0 aliphatic heterocycles. The van der Waals surface area contributed by atoms with Crippen LogP contribution in [0.4, 0.5) is 11.6 Å². The Balaban J connectivity index is 2.00. The Hall–Kier alpha value is -3.17. The first kappa shape index (κ1) is 17.6. The van der Waals surface area contributed by atoms with Crippen LogP contribution in [0.5, 0.6) is 0 Å². The Bertz CT molecular complexity index is 983. The molecule has 3 aromatic rings. The van der Waals surface area contributed by atoms with Gasteiger partial charge in [0.15, 0.2) is 11.5 Å². The molecule has 0 atom stereocenters. The fraction of sp³-hybridized carbons (Fsp3) is 0. The maximum Gasteiger partial charge on any atom is 0.337 e. The number of hydrogen-bond donors (Lipinski definition) is 3. The topological polar surface area (TPSA) is 136 Å². The minimum absolute atomic E-state index is 0.0113. The second kappa shape index (κ2) is 6.98. The van der Waals surface area contributed by atoms with Crippen molar-refractivity contribution >= 4 is 46.7 Å². The number of nitrogens with two attached hydrogens (primary N) is 1. The summed E-state index contributed by atoms with van der Waals surface area (Å²) in [7, 11) is 0. The fourth-order valence-corrected chi connectivity index (χ4v) is 2.60. The maximum atomic E-state index is 11.7. The van der Waals surface area contributed by atoms with E-state index in [0.29, 0.717) is 0 Å². The minimum atomic E-state index is -1.11. The number of pyridine rings is 1. The van der Waals surface area contributed by atoms with Crippen LogP contribution in [0, 0.1) is 0 Å². The lowest BCUT2D eigenvalue weighted by molar-refractivity contribution is 0.0696. The van der Waals surface area contributed by atoms with Crippen molar-refractivity contribution in [1.82, 2.24) is 20.0 Å². The maximum absolute atomic E-state index is 11.7. The van der Waals surface area contributed by atoms with Gasteiger partial charge in [0.25, 0.3) is 5.91 Å². The summed E-state index contributed by atoms with van der Waals surface area (Å²) >= 11 is 12.2. The van der Waals surface area contributed by atoms with Crippen LogP contribution in [0.15, 0.2) is 36.5 Å². The number of nitrogens with one attached hydrogen (secondary N) is 1. The normalized spacial score (nSPS) is 10.5. The van der Waals surface area contributed by atoms with Gasteiger partial charge < -0.3 is 16.2 Å². The number of para-hydroxylation sites is 1. The van der Waals surface area contributed by atoms with Crippen LogP contribution < -0.4 is 11.1 Å². The molecule has 2 aromatic heterocycles. The number of carbonyl (C=O) groups excluding carboxylic acids is 1. The largest absolute Gasteiger partial charge is 0.478 e. The first-order valence-corrected chi connectivity index (χ1v) is 7.80. The van der Waals surface area contributed by atoms with Gasteiger partial charge in [-0.15, -0.1) is 15.0 Å². The monoisotopic (exact) mass is 392 g/mol. The zero-order valence-corrected chi connectivity index (χ0v) is 14.4. The molecule has 132 valence electrons. The van der Waals surface area contributed by atoms with E-state index in [0.717, 1.165) is 11.0 Å². The molecule has 0 saturated heterocycles. The number of aromatic nitrogens is 4. The van der Waals surface area contributed by atoms with E-state index in [2.05, 4.69) is 20.5 Å². The van der Waals surface area contributed by atoms with Gasteiger partial charge in [0.2, 0.25) is 0 Å². The molecule has 4 N–H and O–H groups in total. The first-order chi connectivity index (χ1) is 12.4. The van der Waals surface area contributed by atoms with Gasteiger partial charge in [-0.05, 0) is 24.3 Å². The predicted octanol–water partition coefficient (Wildman–Crippen LogP) is 2.51. The zero-order chi connectivity index (χ0) is 18.8. The number of amides is 1. The molecule has 11 heteroatoms. The summed E-state index contributed by atoms with van der Waals surface area (Å²) in [5, 5.41) is 20.4. The third-order valence-corrected chi connectivity index (χ3v) is 3.85. The van der Waals surface area contributed by atoms with Crippen molar-refractivity contribution in [2.24, 2.45) is 5.73 Å². The zero-order valence-electron chi connectivity index (χ0n) is 12.8. The number of halogens is 2. The van der Waals surface area contributed by atoms with Crippen LogP contribution in [-0.4, -0.2) is 37.0 Å². The van der Waals surface area contributed by atoms with E-state index in [-0.39, 0.29) is 38.6 Å². The van der Waals surface area contributed by atoms with E-state index in [1.807, 2.05) is 0 Å². The molecule has 0 spiro atoms.